The molecule has 0 bridgehead atoms. The highest BCUT2D eigenvalue weighted by Gasteiger charge is 2.64. The number of amides is 5. The molecule has 38 heavy (non-hydrogen) atoms. The van der Waals surface area contributed by atoms with Crippen LogP contribution in [0.15, 0.2) is 47.2 Å². The third-order valence-electron chi connectivity index (χ3n) is 7.20. The van der Waals surface area contributed by atoms with E-state index >= 15 is 0 Å². The summed E-state index contributed by atoms with van der Waals surface area (Å²) in [4.78, 5) is 65.0. The van der Waals surface area contributed by atoms with E-state index in [1.54, 1.807) is 0 Å². The van der Waals surface area contributed by atoms with Crippen molar-refractivity contribution in [2.45, 2.75) is 31.1 Å². The quantitative estimate of drug-likeness (QED) is 0.383. The van der Waals surface area contributed by atoms with E-state index in [1.165, 1.54) is 35.2 Å². The number of hydrogen-bond acceptors (Lipinski definition) is 5. The highest BCUT2D eigenvalue weighted by atomic mass is 19.4. The number of nitrogens with zero attached hydrogens (tertiary/aromatic N) is 3. The van der Waals surface area contributed by atoms with E-state index < -0.39 is 54.5 Å². The summed E-state index contributed by atoms with van der Waals surface area (Å²) in [5.41, 5.74) is 5.69. The second kappa shape index (κ2) is 8.89. The summed E-state index contributed by atoms with van der Waals surface area (Å²) in [5.74, 6) is -3.80. The minimum Gasteiger partial charge on any atom is -0.477 e. The molecular weight excluding hydrogens is 511 g/mol. The van der Waals surface area contributed by atoms with Gasteiger partial charge in [0.25, 0.3) is 5.91 Å². The molecule has 0 spiro atoms. The molecule has 5 amide bonds. The Hall–Kier alpha value is -4.36. The topological polar surface area (TPSA) is 153 Å². The van der Waals surface area contributed by atoms with Gasteiger partial charge in [-0.1, -0.05) is 0 Å². The van der Waals surface area contributed by atoms with Crippen molar-refractivity contribution in [3.63, 3.8) is 0 Å². The molecule has 2 unspecified atom stereocenters. The minimum atomic E-state index is -4.56. The number of allylic oxidation sites excluding steroid dienone is 2. The lowest BCUT2D eigenvalue weighted by Crippen LogP contribution is -2.69. The molecule has 0 aromatic heterocycles. The van der Waals surface area contributed by atoms with Crippen LogP contribution in [0.2, 0.25) is 0 Å². The Labute approximate surface area is 213 Å². The number of hydrogen-bond donors (Lipinski definition) is 3. The van der Waals surface area contributed by atoms with Crippen LogP contribution in [0, 0.1) is 5.92 Å². The van der Waals surface area contributed by atoms with Crippen LogP contribution >= 0.6 is 0 Å². The summed E-state index contributed by atoms with van der Waals surface area (Å²) in [6, 6.07) is 3.79. The molecule has 0 saturated carbocycles. The zero-order chi connectivity index (χ0) is 27.5. The molecule has 14 heteroatoms. The number of alkyl halides is 3. The van der Waals surface area contributed by atoms with Gasteiger partial charge in [0.15, 0.2) is 0 Å². The van der Waals surface area contributed by atoms with Gasteiger partial charge < -0.3 is 26.0 Å². The first kappa shape index (κ1) is 25.3. The molecule has 4 aliphatic rings. The fraction of sp³-hybridized carbons (Fsp3) is 0.375. The van der Waals surface area contributed by atoms with Crippen molar-refractivity contribution in [1.82, 2.24) is 14.7 Å². The maximum Gasteiger partial charge on any atom is 0.406 e. The molecule has 3 fully saturated rings. The van der Waals surface area contributed by atoms with Crippen LogP contribution in [0.25, 0.3) is 0 Å². The Morgan fingerprint density at radius 3 is 2.45 bits per heavy atom. The van der Waals surface area contributed by atoms with Crippen LogP contribution in [0.1, 0.15) is 23.2 Å². The molecular formula is C24H22F3N5O6. The monoisotopic (exact) mass is 533 g/mol. The van der Waals surface area contributed by atoms with Gasteiger partial charge in [-0.25, -0.2) is 9.59 Å². The number of β-lactam (4-membered cyclic amide) rings is 1. The highest BCUT2D eigenvalue weighted by Crippen LogP contribution is 2.47. The van der Waals surface area contributed by atoms with Crippen molar-refractivity contribution in [1.29, 1.82) is 0 Å². The fourth-order valence-corrected chi connectivity index (χ4v) is 5.60. The maximum absolute atomic E-state index is 13.0. The van der Waals surface area contributed by atoms with Gasteiger partial charge >= 0.3 is 18.2 Å². The zero-order valence-corrected chi connectivity index (χ0v) is 19.7. The summed E-state index contributed by atoms with van der Waals surface area (Å²) in [5, 5.41) is 12.5. The van der Waals surface area contributed by atoms with Gasteiger partial charge in [-0.2, -0.15) is 13.2 Å². The van der Waals surface area contributed by atoms with Crippen LogP contribution in [0.3, 0.4) is 0 Å². The van der Waals surface area contributed by atoms with Gasteiger partial charge in [0.1, 0.15) is 18.3 Å². The molecule has 200 valence electrons. The molecule has 11 nitrogen and oxygen atoms in total. The summed E-state index contributed by atoms with van der Waals surface area (Å²) in [6.07, 6.45) is -3.15. The first-order valence-electron chi connectivity index (χ1n) is 11.7. The largest absolute Gasteiger partial charge is 0.477 e. The van der Waals surface area contributed by atoms with Crippen molar-refractivity contribution < 1.29 is 42.3 Å². The first-order valence-corrected chi connectivity index (χ1v) is 11.7. The van der Waals surface area contributed by atoms with E-state index in [2.05, 4.69) is 5.32 Å². The average Bonchev–Trinajstić information content (AvgIpc) is 3.36. The number of carbonyl (C=O) groups excluding carboxylic acids is 4. The van der Waals surface area contributed by atoms with Crippen LogP contribution in [0.4, 0.5) is 23.7 Å². The van der Waals surface area contributed by atoms with Crippen molar-refractivity contribution in [3.05, 3.63) is 52.7 Å². The van der Waals surface area contributed by atoms with Crippen molar-refractivity contribution >= 4 is 35.4 Å². The smallest absolute Gasteiger partial charge is 0.406 e. The summed E-state index contributed by atoms with van der Waals surface area (Å²) < 4.78 is 38.3. The number of carboxylic acid groups (broad SMARTS) is 1. The van der Waals surface area contributed by atoms with Crippen LogP contribution in [0.5, 0.6) is 0 Å². The lowest BCUT2D eigenvalue weighted by Gasteiger charge is -2.49. The normalized spacial score (nSPS) is 25.6. The van der Waals surface area contributed by atoms with Gasteiger partial charge in [-0.05, 0) is 48.8 Å². The fourth-order valence-electron chi connectivity index (χ4n) is 5.60. The van der Waals surface area contributed by atoms with E-state index in [-0.39, 0.29) is 54.3 Å². The SMILES string of the molecule is NC(=O)c1ccc(NC(=O)N2CC3CC(/C=C4\CCN(CC(F)(F)F)C4=O)=C(C(=O)O)N4C(=O)C2[C@@H]34)cc1. The molecule has 1 aromatic carbocycles. The van der Waals surface area contributed by atoms with E-state index in [1.807, 2.05) is 0 Å². The molecule has 3 atom stereocenters. The predicted octanol–water partition coefficient (Wildman–Crippen LogP) is 1.29. The predicted molar refractivity (Wildman–Crippen MR) is 123 cm³/mol. The number of aliphatic carboxylic acids is 1. The lowest BCUT2D eigenvalue weighted by atomic mass is 9.79. The average molecular weight is 533 g/mol. The number of benzene rings is 1. The second-order valence-electron chi connectivity index (χ2n) is 9.57. The molecule has 1 aromatic rings. The van der Waals surface area contributed by atoms with Crippen molar-refractivity contribution in [2.24, 2.45) is 11.7 Å². The molecule has 3 saturated heterocycles. The maximum atomic E-state index is 13.0. The molecule has 0 radical (unpaired) electrons. The van der Waals surface area contributed by atoms with Crippen LogP contribution in [-0.2, 0) is 14.4 Å². The number of nitrogens with two attached hydrogens (primary N) is 1. The molecule has 4 N–H and O–H groups in total. The molecule has 0 aliphatic carbocycles. The van der Waals surface area contributed by atoms with Gasteiger partial charge in [0.2, 0.25) is 11.8 Å². The minimum absolute atomic E-state index is 0.0129. The number of primary amides is 1. The molecule has 4 heterocycles. The number of halogens is 3. The number of carboxylic acids is 1. The van der Waals surface area contributed by atoms with E-state index in [0.29, 0.717) is 10.6 Å². The molecule has 5 rings (SSSR count). The molecule has 4 aliphatic heterocycles. The Balaban J connectivity index is 1.35. The van der Waals surface area contributed by atoms with E-state index in [4.69, 9.17) is 5.73 Å². The van der Waals surface area contributed by atoms with Crippen LogP contribution < -0.4 is 11.1 Å². The van der Waals surface area contributed by atoms with Gasteiger partial charge in [0.05, 0.1) is 6.04 Å². The Kier molecular flexibility index (Phi) is 5.92. The highest BCUT2D eigenvalue weighted by molar-refractivity contribution is 6.04. The zero-order valence-electron chi connectivity index (χ0n) is 19.7. The summed E-state index contributed by atoms with van der Waals surface area (Å²) >= 11 is 0. The van der Waals surface area contributed by atoms with Crippen LogP contribution in [-0.4, -0.2) is 87.4 Å². The Morgan fingerprint density at radius 1 is 1.16 bits per heavy atom. The summed E-state index contributed by atoms with van der Waals surface area (Å²) in [6.45, 7) is -1.43. The summed E-state index contributed by atoms with van der Waals surface area (Å²) in [7, 11) is 0. The van der Waals surface area contributed by atoms with Crippen molar-refractivity contribution in [2.75, 3.05) is 25.0 Å². The third kappa shape index (κ3) is 4.25. The number of rotatable bonds is 5. The van der Waals surface area contributed by atoms with E-state index in [9.17, 15) is 42.3 Å². The number of nitrogens with one attached hydrogen (secondary N) is 1. The Morgan fingerprint density at radius 2 is 1.84 bits per heavy atom. The van der Waals surface area contributed by atoms with Crippen molar-refractivity contribution in [3.8, 4) is 0 Å². The number of carbonyl (C=O) groups is 5. The lowest BCUT2D eigenvalue weighted by molar-refractivity contribution is -0.156. The third-order valence-corrected chi connectivity index (χ3v) is 7.20. The second-order valence-corrected chi connectivity index (χ2v) is 9.57. The van der Waals surface area contributed by atoms with Gasteiger partial charge in [-0.15, -0.1) is 0 Å². The number of likely N-dealkylation sites (tertiary alicyclic amines) is 2. The standard InChI is InChI=1S/C24H22F3N5O6/c25-24(26,27)10-30-6-5-12(20(30)34)7-13-8-14-9-31(18-16(14)32(21(18)35)17(13)22(36)37)23(38)29-15-3-1-11(2-4-15)19(28)33/h1-4,7,14,16,18H,5-6,8-10H2,(H2,28,33)(H,29,38)(H,36,37)/b12-7+/t14?,16-,18?/m1/s1. The van der Waals surface area contributed by atoms with Gasteiger partial charge in [-0.3, -0.25) is 19.3 Å². The Bertz CT molecular complexity index is 1320. The number of anilines is 1. The first-order chi connectivity index (χ1) is 17.9. The van der Waals surface area contributed by atoms with Gasteiger partial charge in [0, 0.05) is 35.8 Å². The van der Waals surface area contributed by atoms with E-state index in [0.717, 1.165) is 4.90 Å². The number of urea groups is 1.